The predicted molar refractivity (Wildman–Crippen MR) is 77.8 cm³/mol. The fraction of sp³-hybridized carbons (Fsp3) is 0.571. The second-order valence-corrected chi connectivity index (χ2v) is 5.60. The molecule has 1 aromatic rings. The van der Waals surface area contributed by atoms with Crippen molar-refractivity contribution in [3.8, 4) is 0 Å². The molecular formula is C14H19ClN2O2. The maximum absolute atomic E-state index is 10.8. The highest BCUT2D eigenvalue weighted by atomic mass is 35.5. The number of anilines is 1. The molecule has 1 saturated carbocycles. The molecule has 0 unspecified atom stereocenters. The quantitative estimate of drug-likeness (QED) is 0.647. The van der Waals surface area contributed by atoms with E-state index in [-0.39, 0.29) is 5.69 Å². The van der Waals surface area contributed by atoms with Gasteiger partial charge in [0.25, 0.3) is 5.69 Å². The van der Waals surface area contributed by atoms with Gasteiger partial charge in [-0.25, -0.2) is 0 Å². The van der Waals surface area contributed by atoms with Crippen LogP contribution >= 0.6 is 11.6 Å². The van der Waals surface area contributed by atoms with Crippen LogP contribution < -0.4 is 5.32 Å². The van der Waals surface area contributed by atoms with Crippen LogP contribution in [-0.2, 0) is 0 Å². The van der Waals surface area contributed by atoms with E-state index in [1.54, 1.807) is 6.07 Å². The summed E-state index contributed by atoms with van der Waals surface area (Å²) in [7, 11) is 0. The van der Waals surface area contributed by atoms with E-state index in [0.29, 0.717) is 16.8 Å². The average molecular weight is 283 g/mol. The number of nitrogens with one attached hydrogen (secondary N) is 1. The van der Waals surface area contributed by atoms with Crippen LogP contribution in [0.2, 0.25) is 5.02 Å². The van der Waals surface area contributed by atoms with Crippen LogP contribution in [-0.4, -0.2) is 11.0 Å². The fourth-order valence-corrected chi connectivity index (χ4v) is 2.84. The molecule has 104 valence electrons. The molecule has 2 rings (SSSR count). The Balaban J connectivity index is 2.03. The summed E-state index contributed by atoms with van der Waals surface area (Å²) in [5.74, 6) is 0.832. The third kappa shape index (κ3) is 3.60. The predicted octanol–water partition coefficient (Wildman–Crippen LogP) is 4.63. The Kier molecular flexibility index (Phi) is 4.64. The zero-order chi connectivity index (χ0) is 13.8. The molecule has 0 bridgehead atoms. The molecule has 0 spiro atoms. The normalized spacial score (nSPS) is 23.1. The Morgan fingerprint density at radius 2 is 2.05 bits per heavy atom. The number of nitro groups is 1. The van der Waals surface area contributed by atoms with Gasteiger partial charge in [-0.2, -0.15) is 0 Å². The molecule has 0 atom stereocenters. The van der Waals surface area contributed by atoms with Crippen molar-refractivity contribution in [2.24, 2.45) is 5.92 Å². The Labute approximate surface area is 118 Å². The lowest BCUT2D eigenvalue weighted by Gasteiger charge is -2.29. The minimum atomic E-state index is -0.393. The molecule has 1 aliphatic rings. The topological polar surface area (TPSA) is 55.2 Å². The van der Waals surface area contributed by atoms with Gasteiger partial charge in [-0.15, -0.1) is 0 Å². The molecular weight excluding hydrogens is 264 g/mol. The van der Waals surface area contributed by atoms with Crippen molar-refractivity contribution in [3.05, 3.63) is 33.3 Å². The number of non-ortho nitro benzene ring substituents is 1. The van der Waals surface area contributed by atoms with E-state index in [2.05, 4.69) is 12.2 Å². The number of halogens is 1. The maximum Gasteiger partial charge on any atom is 0.271 e. The molecule has 19 heavy (non-hydrogen) atoms. The zero-order valence-electron chi connectivity index (χ0n) is 11.1. The fourth-order valence-electron chi connectivity index (χ4n) is 2.67. The lowest BCUT2D eigenvalue weighted by Crippen LogP contribution is -2.26. The number of hydrogen-bond acceptors (Lipinski definition) is 3. The molecule has 0 radical (unpaired) electrons. The van der Waals surface area contributed by atoms with Gasteiger partial charge < -0.3 is 5.32 Å². The first-order valence-electron chi connectivity index (χ1n) is 6.80. The van der Waals surface area contributed by atoms with Crippen molar-refractivity contribution in [2.75, 3.05) is 5.32 Å². The minimum absolute atomic E-state index is 0.0779. The molecule has 0 aromatic heterocycles. The van der Waals surface area contributed by atoms with Gasteiger partial charge in [0, 0.05) is 18.2 Å². The zero-order valence-corrected chi connectivity index (χ0v) is 11.8. The van der Waals surface area contributed by atoms with Crippen LogP contribution in [0, 0.1) is 16.0 Å². The average Bonchev–Trinajstić information content (AvgIpc) is 2.42. The molecule has 1 aliphatic carbocycles. The number of hydrogen-bond donors (Lipinski definition) is 1. The van der Waals surface area contributed by atoms with Gasteiger partial charge >= 0.3 is 0 Å². The molecule has 0 amide bonds. The van der Waals surface area contributed by atoms with Crippen LogP contribution in [0.25, 0.3) is 0 Å². The monoisotopic (exact) mass is 282 g/mol. The lowest BCUT2D eigenvalue weighted by atomic mass is 9.84. The van der Waals surface area contributed by atoms with Crippen molar-refractivity contribution in [1.29, 1.82) is 0 Å². The summed E-state index contributed by atoms with van der Waals surface area (Å²) in [6.07, 6.45) is 5.90. The van der Waals surface area contributed by atoms with Crippen molar-refractivity contribution < 1.29 is 4.92 Å². The Bertz CT molecular complexity index is 457. The molecule has 5 heteroatoms. The second kappa shape index (κ2) is 6.24. The summed E-state index contributed by atoms with van der Waals surface area (Å²) in [4.78, 5) is 10.4. The highest BCUT2D eigenvalue weighted by Crippen LogP contribution is 2.32. The van der Waals surface area contributed by atoms with Gasteiger partial charge in [-0.3, -0.25) is 10.1 Å². The van der Waals surface area contributed by atoms with E-state index in [4.69, 9.17) is 11.6 Å². The van der Waals surface area contributed by atoms with Crippen LogP contribution in [0.1, 0.15) is 39.0 Å². The number of benzene rings is 1. The Morgan fingerprint density at radius 3 is 2.63 bits per heavy atom. The van der Waals surface area contributed by atoms with Crippen molar-refractivity contribution in [2.45, 2.75) is 45.1 Å². The van der Waals surface area contributed by atoms with Crippen LogP contribution in [0.5, 0.6) is 0 Å². The van der Waals surface area contributed by atoms with Crippen molar-refractivity contribution in [1.82, 2.24) is 0 Å². The molecule has 1 fully saturated rings. The first-order chi connectivity index (χ1) is 9.10. The molecule has 1 N–H and O–H groups in total. The van der Waals surface area contributed by atoms with Crippen LogP contribution in [0.3, 0.4) is 0 Å². The second-order valence-electron chi connectivity index (χ2n) is 5.19. The van der Waals surface area contributed by atoms with Gasteiger partial charge in [-0.05, 0) is 37.7 Å². The van der Waals surface area contributed by atoms with Gasteiger partial charge in [0.15, 0.2) is 0 Å². The largest absolute Gasteiger partial charge is 0.381 e. The van der Waals surface area contributed by atoms with Gasteiger partial charge in [0.05, 0.1) is 15.6 Å². The molecule has 0 aliphatic heterocycles. The van der Waals surface area contributed by atoms with E-state index in [1.165, 1.54) is 31.4 Å². The van der Waals surface area contributed by atoms with Crippen molar-refractivity contribution >= 4 is 23.0 Å². The smallest absolute Gasteiger partial charge is 0.271 e. The van der Waals surface area contributed by atoms with E-state index < -0.39 is 4.92 Å². The number of rotatable bonds is 4. The summed E-state index contributed by atoms with van der Waals surface area (Å²) >= 11 is 6.09. The highest BCUT2D eigenvalue weighted by Gasteiger charge is 2.21. The lowest BCUT2D eigenvalue weighted by molar-refractivity contribution is -0.384. The standard InChI is InChI=1S/C14H19ClN2O2/c1-2-10-3-5-11(6-4-10)16-14-9-12(17(18)19)7-8-13(14)15/h7-11,16H,2-6H2,1H3. The summed E-state index contributed by atoms with van der Waals surface area (Å²) in [5, 5.41) is 14.7. The summed E-state index contributed by atoms with van der Waals surface area (Å²) in [5.41, 5.74) is 0.755. The SMILES string of the molecule is CCC1CCC(Nc2cc([N+](=O)[O-])ccc2Cl)CC1. The third-order valence-corrected chi connectivity index (χ3v) is 4.27. The molecule has 1 aromatic carbocycles. The number of nitro benzene ring substituents is 1. The Hall–Kier alpha value is -1.29. The van der Waals surface area contributed by atoms with E-state index in [1.807, 2.05) is 0 Å². The highest BCUT2D eigenvalue weighted by molar-refractivity contribution is 6.33. The summed E-state index contributed by atoms with van der Waals surface area (Å²) in [6, 6.07) is 4.91. The first kappa shape index (κ1) is 14.1. The minimum Gasteiger partial charge on any atom is -0.381 e. The first-order valence-corrected chi connectivity index (χ1v) is 7.18. The van der Waals surface area contributed by atoms with Crippen LogP contribution in [0.15, 0.2) is 18.2 Å². The third-order valence-electron chi connectivity index (χ3n) is 3.94. The molecule has 0 heterocycles. The maximum atomic E-state index is 10.8. The van der Waals surface area contributed by atoms with E-state index in [0.717, 1.165) is 18.8 Å². The molecule has 0 saturated heterocycles. The van der Waals surface area contributed by atoms with Crippen LogP contribution in [0.4, 0.5) is 11.4 Å². The summed E-state index contributed by atoms with van der Waals surface area (Å²) in [6.45, 7) is 2.23. The molecule has 4 nitrogen and oxygen atoms in total. The van der Waals surface area contributed by atoms with E-state index >= 15 is 0 Å². The van der Waals surface area contributed by atoms with Gasteiger partial charge in [0.1, 0.15) is 0 Å². The Morgan fingerprint density at radius 1 is 1.37 bits per heavy atom. The van der Waals surface area contributed by atoms with Gasteiger partial charge in [0.2, 0.25) is 0 Å². The summed E-state index contributed by atoms with van der Waals surface area (Å²) < 4.78 is 0. The number of nitrogens with zero attached hydrogens (tertiary/aromatic N) is 1. The van der Waals surface area contributed by atoms with Gasteiger partial charge in [-0.1, -0.05) is 24.9 Å². The van der Waals surface area contributed by atoms with Crippen molar-refractivity contribution in [3.63, 3.8) is 0 Å². The van der Waals surface area contributed by atoms with E-state index in [9.17, 15) is 10.1 Å².